The Morgan fingerprint density at radius 1 is 1.58 bits per heavy atom. The van der Waals surface area contributed by atoms with E-state index in [-0.39, 0.29) is 29.5 Å². The Bertz CT molecular complexity index is 534. The van der Waals surface area contributed by atoms with Gasteiger partial charge in [-0.1, -0.05) is 11.6 Å². The molecule has 0 aliphatic rings. The molecular weight excluding hydrogens is 276 g/mol. The standard InChI is InChI=1S/C10H11ClN4O4/c1-2-14(5-8(12)16)10(17)7-3-6(15(18)19)4-13-9(7)11/h3-4H,2,5H2,1H3,(H2,12,16). The number of hydrogen-bond acceptors (Lipinski definition) is 5. The number of carbonyl (C=O) groups is 2. The first-order chi connectivity index (χ1) is 8.86. The summed E-state index contributed by atoms with van der Waals surface area (Å²) in [5.41, 5.74) is 4.51. The number of carbonyl (C=O) groups excluding carboxylic acids is 2. The van der Waals surface area contributed by atoms with Crippen molar-refractivity contribution in [3.05, 3.63) is 33.1 Å². The summed E-state index contributed by atoms with van der Waals surface area (Å²) in [6.45, 7) is 1.55. The molecule has 2 amide bonds. The minimum absolute atomic E-state index is 0.140. The Kier molecular flexibility index (Phi) is 4.76. The third-order valence-corrected chi connectivity index (χ3v) is 2.58. The number of rotatable bonds is 5. The van der Waals surface area contributed by atoms with Gasteiger partial charge in [-0.05, 0) is 6.92 Å². The van der Waals surface area contributed by atoms with E-state index in [2.05, 4.69) is 4.98 Å². The van der Waals surface area contributed by atoms with Crippen molar-refractivity contribution >= 4 is 29.1 Å². The number of amides is 2. The van der Waals surface area contributed by atoms with Gasteiger partial charge in [0.1, 0.15) is 11.3 Å². The van der Waals surface area contributed by atoms with Crippen LogP contribution in [0.25, 0.3) is 0 Å². The summed E-state index contributed by atoms with van der Waals surface area (Å²) >= 11 is 5.74. The molecule has 0 spiro atoms. The fraction of sp³-hybridized carbons (Fsp3) is 0.300. The lowest BCUT2D eigenvalue weighted by molar-refractivity contribution is -0.385. The van der Waals surface area contributed by atoms with Crippen molar-refractivity contribution < 1.29 is 14.5 Å². The lowest BCUT2D eigenvalue weighted by Crippen LogP contribution is -2.38. The normalized spacial score (nSPS) is 10.0. The smallest absolute Gasteiger partial charge is 0.288 e. The van der Waals surface area contributed by atoms with Crippen LogP contribution in [-0.4, -0.2) is 39.7 Å². The van der Waals surface area contributed by atoms with E-state index < -0.39 is 16.7 Å². The average Bonchev–Trinajstić information content (AvgIpc) is 2.35. The molecule has 1 rings (SSSR count). The van der Waals surface area contributed by atoms with Gasteiger partial charge in [0.2, 0.25) is 5.91 Å². The molecule has 1 aromatic rings. The maximum Gasteiger partial charge on any atom is 0.288 e. The zero-order chi connectivity index (χ0) is 14.6. The summed E-state index contributed by atoms with van der Waals surface area (Å²) < 4.78 is 0. The zero-order valence-electron chi connectivity index (χ0n) is 10.00. The van der Waals surface area contributed by atoms with E-state index in [1.807, 2.05) is 0 Å². The highest BCUT2D eigenvalue weighted by atomic mass is 35.5. The Morgan fingerprint density at radius 3 is 2.68 bits per heavy atom. The molecule has 0 aliphatic heterocycles. The highest BCUT2D eigenvalue weighted by molar-refractivity contribution is 6.32. The number of pyridine rings is 1. The first-order valence-corrected chi connectivity index (χ1v) is 5.62. The van der Waals surface area contributed by atoms with Crippen LogP contribution in [0, 0.1) is 10.1 Å². The zero-order valence-corrected chi connectivity index (χ0v) is 10.8. The second-order valence-electron chi connectivity index (χ2n) is 3.57. The number of aromatic nitrogens is 1. The highest BCUT2D eigenvalue weighted by Gasteiger charge is 2.22. The van der Waals surface area contributed by atoms with Gasteiger partial charge in [0, 0.05) is 12.6 Å². The van der Waals surface area contributed by atoms with Crippen molar-refractivity contribution in [3.63, 3.8) is 0 Å². The molecule has 1 aromatic heterocycles. The van der Waals surface area contributed by atoms with Gasteiger partial charge in [0.05, 0.1) is 17.0 Å². The maximum atomic E-state index is 12.1. The minimum Gasteiger partial charge on any atom is -0.368 e. The first kappa shape index (κ1) is 14.8. The number of halogens is 1. The molecule has 0 unspecified atom stereocenters. The number of nitrogens with zero attached hydrogens (tertiary/aromatic N) is 3. The maximum absolute atomic E-state index is 12.1. The average molecular weight is 287 g/mol. The van der Waals surface area contributed by atoms with E-state index in [9.17, 15) is 19.7 Å². The fourth-order valence-corrected chi connectivity index (χ4v) is 1.56. The lowest BCUT2D eigenvalue weighted by Gasteiger charge is -2.19. The van der Waals surface area contributed by atoms with Crippen molar-refractivity contribution in [1.29, 1.82) is 0 Å². The van der Waals surface area contributed by atoms with E-state index in [1.54, 1.807) is 6.92 Å². The quantitative estimate of drug-likeness (QED) is 0.482. The van der Waals surface area contributed by atoms with Crippen LogP contribution in [0.5, 0.6) is 0 Å². The number of hydrogen-bond donors (Lipinski definition) is 1. The summed E-state index contributed by atoms with van der Waals surface area (Å²) in [7, 11) is 0. The third kappa shape index (κ3) is 3.62. The molecule has 19 heavy (non-hydrogen) atoms. The van der Waals surface area contributed by atoms with E-state index >= 15 is 0 Å². The minimum atomic E-state index is -0.690. The van der Waals surface area contributed by atoms with Crippen LogP contribution in [-0.2, 0) is 4.79 Å². The van der Waals surface area contributed by atoms with Gasteiger partial charge in [0.15, 0.2) is 0 Å². The monoisotopic (exact) mass is 286 g/mol. The van der Waals surface area contributed by atoms with Crippen LogP contribution in [0.4, 0.5) is 5.69 Å². The second kappa shape index (κ2) is 6.10. The van der Waals surface area contributed by atoms with Crippen LogP contribution >= 0.6 is 11.6 Å². The second-order valence-corrected chi connectivity index (χ2v) is 3.93. The van der Waals surface area contributed by atoms with Crippen molar-refractivity contribution in [2.24, 2.45) is 5.73 Å². The largest absolute Gasteiger partial charge is 0.368 e. The van der Waals surface area contributed by atoms with Crippen molar-refractivity contribution in [2.45, 2.75) is 6.92 Å². The lowest BCUT2D eigenvalue weighted by atomic mass is 10.2. The fourth-order valence-electron chi connectivity index (χ4n) is 1.37. The molecule has 0 saturated carbocycles. The van der Waals surface area contributed by atoms with E-state index in [1.165, 1.54) is 0 Å². The highest BCUT2D eigenvalue weighted by Crippen LogP contribution is 2.20. The van der Waals surface area contributed by atoms with Gasteiger partial charge in [-0.3, -0.25) is 19.7 Å². The molecular formula is C10H11ClN4O4. The van der Waals surface area contributed by atoms with Crippen LogP contribution in [0.3, 0.4) is 0 Å². The first-order valence-electron chi connectivity index (χ1n) is 5.24. The SMILES string of the molecule is CCN(CC(N)=O)C(=O)c1cc([N+](=O)[O-])cnc1Cl. The van der Waals surface area contributed by atoms with Gasteiger partial charge < -0.3 is 10.6 Å². The summed E-state index contributed by atoms with van der Waals surface area (Å²) in [6, 6.07) is 1.02. The number of nitrogens with two attached hydrogens (primary N) is 1. The van der Waals surface area contributed by atoms with Crippen LogP contribution < -0.4 is 5.73 Å². The third-order valence-electron chi connectivity index (χ3n) is 2.28. The van der Waals surface area contributed by atoms with Crippen molar-refractivity contribution in [3.8, 4) is 0 Å². The topological polar surface area (TPSA) is 119 Å². The van der Waals surface area contributed by atoms with E-state index in [0.717, 1.165) is 17.2 Å². The van der Waals surface area contributed by atoms with Crippen LogP contribution in [0.2, 0.25) is 5.15 Å². The van der Waals surface area contributed by atoms with Crippen molar-refractivity contribution in [1.82, 2.24) is 9.88 Å². The van der Waals surface area contributed by atoms with E-state index in [4.69, 9.17) is 17.3 Å². The van der Waals surface area contributed by atoms with Crippen LogP contribution in [0.1, 0.15) is 17.3 Å². The van der Waals surface area contributed by atoms with Crippen LogP contribution in [0.15, 0.2) is 12.3 Å². The Hall–Kier alpha value is -2.22. The molecule has 0 saturated heterocycles. The molecule has 0 aromatic carbocycles. The molecule has 8 nitrogen and oxygen atoms in total. The molecule has 9 heteroatoms. The molecule has 0 aliphatic carbocycles. The Balaban J connectivity index is 3.13. The van der Waals surface area contributed by atoms with E-state index in [0.29, 0.717) is 0 Å². The summed E-state index contributed by atoms with van der Waals surface area (Å²) in [5.74, 6) is -1.33. The molecule has 0 bridgehead atoms. The molecule has 0 radical (unpaired) electrons. The molecule has 0 fully saturated rings. The molecule has 1 heterocycles. The number of primary amides is 1. The summed E-state index contributed by atoms with van der Waals surface area (Å²) in [5, 5.41) is 10.5. The predicted molar refractivity (Wildman–Crippen MR) is 66.7 cm³/mol. The Morgan fingerprint density at radius 2 is 2.21 bits per heavy atom. The van der Waals surface area contributed by atoms with Gasteiger partial charge in [-0.15, -0.1) is 0 Å². The number of likely N-dealkylation sites (N-methyl/N-ethyl adjacent to an activating group) is 1. The molecule has 0 atom stereocenters. The summed E-state index contributed by atoms with van der Waals surface area (Å²) in [4.78, 5) is 37.5. The van der Waals surface area contributed by atoms with Gasteiger partial charge in [0.25, 0.3) is 11.6 Å². The van der Waals surface area contributed by atoms with Gasteiger partial charge in [-0.25, -0.2) is 4.98 Å². The number of nitro groups is 1. The summed E-state index contributed by atoms with van der Waals surface area (Å²) in [6.07, 6.45) is 0.948. The Labute approximate surface area is 113 Å². The van der Waals surface area contributed by atoms with Gasteiger partial charge in [-0.2, -0.15) is 0 Å². The molecule has 102 valence electrons. The van der Waals surface area contributed by atoms with Crippen molar-refractivity contribution in [2.75, 3.05) is 13.1 Å². The molecule has 2 N–H and O–H groups in total. The predicted octanol–water partition coefficient (Wildman–Crippen LogP) is 0.591. The van der Waals surface area contributed by atoms with Gasteiger partial charge >= 0.3 is 0 Å².